The van der Waals surface area contributed by atoms with Crippen LogP contribution in [-0.2, 0) is 7.05 Å². The molecule has 3 nitrogen and oxygen atoms in total. The predicted molar refractivity (Wildman–Crippen MR) is 55.3 cm³/mol. The van der Waals surface area contributed by atoms with Crippen LogP contribution >= 0.6 is 11.6 Å². The van der Waals surface area contributed by atoms with Crippen molar-refractivity contribution >= 4 is 11.6 Å². The first-order chi connectivity index (χ1) is 6.66. The highest BCUT2D eigenvalue weighted by molar-refractivity contribution is 6.30. The van der Waals surface area contributed by atoms with Crippen molar-refractivity contribution in [1.82, 2.24) is 9.78 Å². The number of aromatic hydroxyl groups is 1. The molecular weight excluding hydrogens is 200 g/mol. The van der Waals surface area contributed by atoms with Gasteiger partial charge in [-0.25, -0.2) is 0 Å². The highest BCUT2D eigenvalue weighted by Gasteiger charge is 2.07. The molecule has 4 heteroatoms. The molecule has 14 heavy (non-hydrogen) atoms. The van der Waals surface area contributed by atoms with E-state index in [4.69, 9.17) is 11.6 Å². The number of rotatable bonds is 1. The van der Waals surface area contributed by atoms with Crippen LogP contribution in [0.2, 0.25) is 5.02 Å². The van der Waals surface area contributed by atoms with Gasteiger partial charge in [-0.2, -0.15) is 5.10 Å². The summed E-state index contributed by atoms with van der Waals surface area (Å²) in [6.45, 7) is 0. The predicted octanol–water partition coefficient (Wildman–Crippen LogP) is 2.45. The Hall–Kier alpha value is -1.48. The summed E-state index contributed by atoms with van der Waals surface area (Å²) in [5, 5.41) is 14.4. The van der Waals surface area contributed by atoms with E-state index in [-0.39, 0.29) is 5.75 Å². The minimum atomic E-state index is 0.188. The van der Waals surface area contributed by atoms with E-state index in [0.29, 0.717) is 16.3 Å². The Morgan fingerprint density at radius 1 is 1.36 bits per heavy atom. The fourth-order valence-corrected chi connectivity index (χ4v) is 1.44. The molecule has 0 aliphatic heterocycles. The molecule has 72 valence electrons. The molecule has 2 aromatic rings. The van der Waals surface area contributed by atoms with Crippen LogP contribution in [0.5, 0.6) is 5.75 Å². The van der Waals surface area contributed by atoms with Crippen molar-refractivity contribution in [2.75, 3.05) is 0 Å². The van der Waals surface area contributed by atoms with Crippen molar-refractivity contribution in [3.63, 3.8) is 0 Å². The minimum absolute atomic E-state index is 0.188. The summed E-state index contributed by atoms with van der Waals surface area (Å²) in [4.78, 5) is 0. The van der Waals surface area contributed by atoms with Crippen LogP contribution in [-0.4, -0.2) is 14.9 Å². The van der Waals surface area contributed by atoms with Crippen LogP contribution in [0.1, 0.15) is 0 Å². The van der Waals surface area contributed by atoms with Crippen molar-refractivity contribution in [3.8, 4) is 17.0 Å². The number of nitrogens with zero attached hydrogens (tertiary/aromatic N) is 2. The molecule has 0 saturated carbocycles. The Kier molecular flexibility index (Phi) is 2.17. The molecule has 0 amide bonds. The monoisotopic (exact) mass is 208 g/mol. The van der Waals surface area contributed by atoms with Gasteiger partial charge < -0.3 is 5.11 Å². The average molecular weight is 209 g/mol. The molecule has 1 heterocycles. The molecule has 0 bridgehead atoms. The second kappa shape index (κ2) is 3.35. The van der Waals surface area contributed by atoms with Crippen molar-refractivity contribution in [1.29, 1.82) is 0 Å². The van der Waals surface area contributed by atoms with Gasteiger partial charge in [0.15, 0.2) is 0 Å². The van der Waals surface area contributed by atoms with Crippen LogP contribution in [0.4, 0.5) is 0 Å². The number of aromatic nitrogens is 2. The molecule has 0 spiro atoms. The van der Waals surface area contributed by atoms with Crippen LogP contribution in [0.25, 0.3) is 11.3 Å². The normalized spacial score (nSPS) is 10.4. The van der Waals surface area contributed by atoms with E-state index in [1.807, 2.05) is 19.3 Å². The topological polar surface area (TPSA) is 38.0 Å². The van der Waals surface area contributed by atoms with E-state index in [1.165, 1.54) is 0 Å². The van der Waals surface area contributed by atoms with Gasteiger partial charge in [0.05, 0.1) is 5.69 Å². The van der Waals surface area contributed by atoms with Gasteiger partial charge >= 0.3 is 0 Å². The molecule has 0 saturated heterocycles. The second-order valence-corrected chi connectivity index (χ2v) is 3.47. The number of halogens is 1. The Labute approximate surface area is 86.6 Å². The summed E-state index contributed by atoms with van der Waals surface area (Å²) < 4.78 is 1.68. The summed E-state index contributed by atoms with van der Waals surface area (Å²) in [7, 11) is 1.82. The minimum Gasteiger partial charge on any atom is -0.507 e. The zero-order valence-electron chi connectivity index (χ0n) is 7.61. The average Bonchev–Trinajstić information content (AvgIpc) is 2.56. The summed E-state index contributed by atoms with van der Waals surface area (Å²) in [5.74, 6) is 0.188. The molecule has 0 fully saturated rings. The van der Waals surface area contributed by atoms with E-state index in [0.717, 1.165) is 0 Å². The lowest BCUT2D eigenvalue weighted by molar-refractivity contribution is 0.477. The van der Waals surface area contributed by atoms with E-state index < -0.39 is 0 Å². The molecule has 1 N–H and O–H groups in total. The lowest BCUT2D eigenvalue weighted by Gasteiger charge is -2.01. The van der Waals surface area contributed by atoms with Crippen molar-refractivity contribution in [2.24, 2.45) is 7.05 Å². The van der Waals surface area contributed by atoms with Crippen LogP contribution in [0, 0.1) is 0 Å². The molecular formula is C10H9ClN2O. The first-order valence-corrected chi connectivity index (χ1v) is 4.53. The van der Waals surface area contributed by atoms with Gasteiger partial charge in [-0.1, -0.05) is 11.6 Å². The number of phenols is 1. The Morgan fingerprint density at radius 3 is 2.79 bits per heavy atom. The number of hydrogen-bond acceptors (Lipinski definition) is 2. The molecule has 0 radical (unpaired) electrons. The molecule has 1 aromatic carbocycles. The molecule has 0 unspecified atom stereocenters. The van der Waals surface area contributed by atoms with Gasteiger partial charge in [0.25, 0.3) is 0 Å². The SMILES string of the molecule is Cn1ccc(-c2cc(Cl)ccc2O)n1. The number of hydrogen-bond donors (Lipinski definition) is 1. The number of phenolic OH excluding ortho intramolecular Hbond substituents is 1. The molecule has 1 aromatic heterocycles. The van der Waals surface area contributed by atoms with Crippen molar-refractivity contribution in [2.45, 2.75) is 0 Å². The second-order valence-electron chi connectivity index (χ2n) is 3.04. The lowest BCUT2D eigenvalue weighted by Crippen LogP contribution is -1.88. The summed E-state index contributed by atoms with van der Waals surface area (Å²) in [6, 6.07) is 6.72. The van der Waals surface area contributed by atoms with Crippen LogP contribution < -0.4 is 0 Å². The Morgan fingerprint density at radius 2 is 2.14 bits per heavy atom. The quantitative estimate of drug-likeness (QED) is 0.782. The number of benzene rings is 1. The van der Waals surface area contributed by atoms with E-state index in [1.54, 1.807) is 22.9 Å². The van der Waals surface area contributed by atoms with Gasteiger partial charge in [-0.15, -0.1) is 0 Å². The molecule has 0 atom stereocenters. The zero-order chi connectivity index (χ0) is 10.1. The Bertz CT molecular complexity index is 465. The Balaban J connectivity index is 2.55. The smallest absolute Gasteiger partial charge is 0.125 e. The molecule has 2 rings (SSSR count). The standard InChI is InChI=1S/C10H9ClN2O/c1-13-5-4-9(12-13)8-6-7(11)2-3-10(8)14/h2-6,14H,1H3. The van der Waals surface area contributed by atoms with Gasteiger partial charge in [0.2, 0.25) is 0 Å². The van der Waals surface area contributed by atoms with Crippen molar-refractivity contribution in [3.05, 3.63) is 35.5 Å². The summed E-state index contributed by atoms with van der Waals surface area (Å²) >= 11 is 5.83. The lowest BCUT2D eigenvalue weighted by atomic mass is 10.1. The third-order valence-electron chi connectivity index (χ3n) is 1.95. The number of aryl methyl sites for hydroxylation is 1. The first-order valence-electron chi connectivity index (χ1n) is 4.15. The maximum Gasteiger partial charge on any atom is 0.125 e. The van der Waals surface area contributed by atoms with Crippen LogP contribution in [0.15, 0.2) is 30.5 Å². The molecule has 0 aliphatic rings. The van der Waals surface area contributed by atoms with E-state index in [2.05, 4.69) is 5.10 Å². The highest BCUT2D eigenvalue weighted by Crippen LogP contribution is 2.30. The largest absolute Gasteiger partial charge is 0.507 e. The maximum atomic E-state index is 9.59. The van der Waals surface area contributed by atoms with Gasteiger partial charge in [0, 0.05) is 23.8 Å². The fourth-order valence-electron chi connectivity index (χ4n) is 1.27. The third-order valence-corrected chi connectivity index (χ3v) is 2.18. The third kappa shape index (κ3) is 1.59. The molecule has 0 aliphatic carbocycles. The van der Waals surface area contributed by atoms with Gasteiger partial charge in [0.1, 0.15) is 5.75 Å². The van der Waals surface area contributed by atoms with E-state index in [9.17, 15) is 5.11 Å². The highest BCUT2D eigenvalue weighted by atomic mass is 35.5. The van der Waals surface area contributed by atoms with Gasteiger partial charge in [-0.05, 0) is 24.3 Å². The fraction of sp³-hybridized carbons (Fsp3) is 0.100. The maximum absolute atomic E-state index is 9.59. The zero-order valence-corrected chi connectivity index (χ0v) is 8.36. The summed E-state index contributed by atoms with van der Waals surface area (Å²) in [6.07, 6.45) is 1.82. The van der Waals surface area contributed by atoms with E-state index >= 15 is 0 Å². The van der Waals surface area contributed by atoms with Crippen molar-refractivity contribution < 1.29 is 5.11 Å². The first kappa shape index (κ1) is 9.09. The van der Waals surface area contributed by atoms with Crippen LogP contribution in [0.3, 0.4) is 0 Å². The summed E-state index contributed by atoms with van der Waals surface area (Å²) in [5.41, 5.74) is 1.37. The van der Waals surface area contributed by atoms with Gasteiger partial charge in [-0.3, -0.25) is 4.68 Å².